The fourth-order valence-electron chi connectivity index (χ4n) is 2.94. The lowest BCUT2D eigenvalue weighted by Crippen LogP contribution is -2.52. The van der Waals surface area contributed by atoms with E-state index in [-0.39, 0.29) is 23.9 Å². The standard InChI is InChI=1S/C15H26N4O2/c1-10(2)13(19-8-6-5-7-9-19)14(20)16-11(3)15-17-12(4)18-21-15/h10-11,13H,5-9H2,1-4H3,(H,16,20)/t11-,13-/m1/s1. The monoisotopic (exact) mass is 294 g/mol. The Morgan fingerprint density at radius 3 is 2.43 bits per heavy atom. The fraction of sp³-hybridized carbons (Fsp3) is 0.800. The lowest BCUT2D eigenvalue weighted by Gasteiger charge is -2.36. The highest BCUT2D eigenvalue weighted by Crippen LogP contribution is 2.19. The van der Waals surface area contributed by atoms with E-state index in [1.54, 1.807) is 6.92 Å². The van der Waals surface area contributed by atoms with Crippen molar-refractivity contribution in [3.8, 4) is 0 Å². The molecule has 0 radical (unpaired) electrons. The van der Waals surface area contributed by atoms with Crippen LogP contribution in [0.25, 0.3) is 0 Å². The van der Waals surface area contributed by atoms with Crippen LogP contribution in [0.4, 0.5) is 0 Å². The van der Waals surface area contributed by atoms with Crippen molar-refractivity contribution >= 4 is 5.91 Å². The molecule has 1 aliphatic heterocycles. The summed E-state index contributed by atoms with van der Waals surface area (Å²) in [4.78, 5) is 19.1. The van der Waals surface area contributed by atoms with Crippen LogP contribution >= 0.6 is 0 Å². The highest BCUT2D eigenvalue weighted by atomic mass is 16.5. The van der Waals surface area contributed by atoms with Gasteiger partial charge in [0.1, 0.15) is 6.04 Å². The first-order chi connectivity index (χ1) is 9.99. The maximum absolute atomic E-state index is 12.6. The lowest BCUT2D eigenvalue weighted by atomic mass is 9.98. The molecule has 1 saturated heterocycles. The van der Waals surface area contributed by atoms with Crippen molar-refractivity contribution < 1.29 is 9.32 Å². The molecule has 2 heterocycles. The van der Waals surface area contributed by atoms with Gasteiger partial charge in [-0.1, -0.05) is 25.4 Å². The Bertz CT molecular complexity index is 466. The number of amides is 1. The summed E-state index contributed by atoms with van der Waals surface area (Å²) in [5.41, 5.74) is 0. The van der Waals surface area contributed by atoms with Crippen LogP contribution in [0.2, 0.25) is 0 Å². The second-order valence-electron chi connectivity index (χ2n) is 6.20. The van der Waals surface area contributed by atoms with Crippen LogP contribution in [0.5, 0.6) is 0 Å². The van der Waals surface area contributed by atoms with Crippen LogP contribution in [0, 0.1) is 12.8 Å². The van der Waals surface area contributed by atoms with Gasteiger partial charge in [0.15, 0.2) is 5.82 Å². The summed E-state index contributed by atoms with van der Waals surface area (Å²) in [5, 5.41) is 6.78. The normalized spacial score (nSPS) is 19.5. The van der Waals surface area contributed by atoms with E-state index in [4.69, 9.17) is 4.52 Å². The second-order valence-corrected chi connectivity index (χ2v) is 6.20. The van der Waals surface area contributed by atoms with Crippen molar-refractivity contribution in [2.45, 2.75) is 59.0 Å². The summed E-state index contributed by atoms with van der Waals surface area (Å²) < 4.78 is 5.12. The molecule has 6 heteroatoms. The van der Waals surface area contributed by atoms with E-state index >= 15 is 0 Å². The van der Waals surface area contributed by atoms with Crippen molar-refractivity contribution in [3.63, 3.8) is 0 Å². The SMILES string of the molecule is Cc1noc([C@@H](C)NC(=O)[C@@H](C(C)C)N2CCCCC2)n1. The van der Waals surface area contributed by atoms with Crippen LogP contribution in [-0.4, -0.2) is 40.1 Å². The van der Waals surface area contributed by atoms with E-state index in [1.807, 2.05) is 6.92 Å². The van der Waals surface area contributed by atoms with Gasteiger partial charge in [0, 0.05) is 0 Å². The molecule has 1 amide bonds. The number of piperidine rings is 1. The Morgan fingerprint density at radius 2 is 1.90 bits per heavy atom. The zero-order valence-corrected chi connectivity index (χ0v) is 13.4. The average molecular weight is 294 g/mol. The Balaban J connectivity index is 2.01. The number of hydrogen-bond donors (Lipinski definition) is 1. The molecular formula is C15H26N4O2. The van der Waals surface area contributed by atoms with Crippen LogP contribution in [0.15, 0.2) is 4.52 Å². The van der Waals surface area contributed by atoms with Crippen LogP contribution in [0.1, 0.15) is 57.8 Å². The molecule has 1 aromatic rings. The van der Waals surface area contributed by atoms with Crippen molar-refractivity contribution in [1.29, 1.82) is 0 Å². The van der Waals surface area contributed by atoms with Gasteiger partial charge in [0.05, 0.1) is 6.04 Å². The Kier molecular flexibility index (Phi) is 5.33. The van der Waals surface area contributed by atoms with Crippen molar-refractivity contribution in [1.82, 2.24) is 20.4 Å². The summed E-state index contributed by atoms with van der Waals surface area (Å²) in [6.07, 6.45) is 3.62. The number of carbonyl (C=O) groups excluding carboxylic acids is 1. The van der Waals surface area contributed by atoms with E-state index < -0.39 is 0 Å². The van der Waals surface area contributed by atoms with Gasteiger partial charge >= 0.3 is 0 Å². The molecule has 2 atom stereocenters. The van der Waals surface area contributed by atoms with Crippen molar-refractivity contribution in [3.05, 3.63) is 11.7 Å². The van der Waals surface area contributed by atoms with E-state index in [0.717, 1.165) is 13.1 Å². The number of nitrogens with one attached hydrogen (secondary N) is 1. The Hall–Kier alpha value is -1.43. The maximum atomic E-state index is 12.6. The van der Waals surface area contributed by atoms with Gasteiger partial charge in [-0.05, 0) is 45.7 Å². The van der Waals surface area contributed by atoms with E-state index in [0.29, 0.717) is 11.7 Å². The summed E-state index contributed by atoms with van der Waals surface area (Å²) in [5.74, 6) is 1.37. The second kappa shape index (κ2) is 7.02. The molecule has 1 aromatic heterocycles. The molecule has 0 aliphatic carbocycles. The molecule has 0 bridgehead atoms. The quantitative estimate of drug-likeness (QED) is 0.900. The molecule has 1 fully saturated rings. The molecule has 118 valence electrons. The topological polar surface area (TPSA) is 71.3 Å². The van der Waals surface area contributed by atoms with Crippen molar-refractivity contribution in [2.75, 3.05) is 13.1 Å². The predicted molar refractivity (Wildman–Crippen MR) is 79.6 cm³/mol. The van der Waals surface area contributed by atoms with E-state index in [2.05, 4.69) is 34.2 Å². The molecule has 2 rings (SSSR count). The average Bonchev–Trinajstić information content (AvgIpc) is 2.86. The van der Waals surface area contributed by atoms with Crippen molar-refractivity contribution in [2.24, 2.45) is 5.92 Å². The first-order valence-electron chi connectivity index (χ1n) is 7.83. The number of hydrogen-bond acceptors (Lipinski definition) is 5. The molecule has 0 unspecified atom stereocenters. The largest absolute Gasteiger partial charge is 0.343 e. The number of rotatable bonds is 5. The summed E-state index contributed by atoms with van der Waals surface area (Å²) >= 11 is 0. The first-order valence-corrected chi connectivity index (χ1v) is 7.83. The van der Waals surface area contributed by atoms with E-state index in [9.17, 15) is 4.79 Å². The van der Waals surface area contributed by atoms with Crippen LogP contribution in [0.3, 0.4) is 0 Å². The van der Waals surface area contributed by atoms with Gasteiger partial charge in [0.25, 0.3) is 0 Å². The summed E-state index contributed by atoms with van der Waals surface area (Å²) in [6.45, 7) is 9.85. The van der Waals surface area contributed by atoms with Crippen LogP contribution < -0.4 is 5.32 Å². The van der Waals surface area contributed by atoms with Gasteiger partial charge in [0.2, 0.25) is 11.8 Å². The molecule has 6 nitrogen and oxygen atoms in total. The van der Waals surface area contributed by atoms with Gasteiger partial charge in [-0.15, -0.1) is 0 Å². The van der Waals surface area contributed by atoms with Gasteiger partial charge in [-0.3, -0.25) is 9.69 Å². The minimum atomic E-state index is -0.259. The first kappa shape index (κ1) is 15.9. The molecule has 1 aliphatic rings. The van der Waals surface area contributed by atoms with Gasteiger partial charge < -0.3 is 9.84 Å². The highest BCUT2D eigenvalue weighted by molar-refractivity contribution is 5.82. The third-order valence-corrected chi connectivity index (χ3v) is 3.96. The minimum absolute atomic E-state index is 0.0512. The maximum Gasteiger partial charge on any atom is 0.248 e. The number of aryl methyl sites for hydroxylation is 1. The third-order valence-electron chi connectivity index (χ3n) is 3.96. The smallest absolute Gasteiger partial charge is 0.248 e. The van der Waals surface area contributed by atoms with Gasteiger partial charge in [-0.25, -0.2) is 0 Å². The zero-order chi connectivity index (χ0) is 15.4. The Labute approximate surface area is 126 Å². The van der Waals surface area contributed by atoms with Gasteiger partial charge in [-0.2, -0.15) is 4.98 Å². The molecule has 21 heavy (non-hydrogen) atoms. The minimum Gasteiger partial charge on any atom is -0.343 e. The molecular weight excluding hydrogens is 268 g/mol. The van der Waals surface area contributed by atoms with Crippen LogP contribution in [-0.2, 0) is 4.79 Å². The molecule has 1 N–H and O–H groups in total. The Morgan fingerprint density at radius 1 is 1.24 bits per heavy atom. The molecule has 0 saturated carbocycles. The lowest BCUT2D eigenvalue weighted by molar-refractivity contribution is -0.129. The highest BCUT2D eigenvalue weighted by Gasteiger charge is 2.31. The summed E-state index contributed by atoms with van der Waals surface area (Å²) in [6, 6.07) is -0.346. The molecule has 0 spiro atoms. The number of aromatic nitrogens is 2. The third kappa shape index (κ3) is 4.03. The number of nitrogens with zero attached hydrogens (tertiary/aromatic N) is 3. The van der Waals surface area contributed by atoms with E-state index in [1.165, 1.54) is 19.3 Å². The number of carbonyl (C=O) groups is 1. The fourth-order valence-corrected chi connectivity index (χ4v) is 2.94. The summed E-state index contributed by atoms with van der Waals surface area (Å²) in [7, 11) is 0. The molecule has 0 aromatic carbocycles. The predicted octanol–water partition coefficient (Wildman–Crippen LogP) is 2.07. The zero-order valence-electron chi connectivity index (χ0n) is 13.4. The number of likely N-dealkylation sites (tertiary alicyclic amines) is 1.